The molecule has 0 bridgehead atoms. The second-order valence-electron chi connectivity index (χ2n) is 5.13. The van der Waals surface area contributed by atoms with Crippen molar-refractivity contribution in [1.29, 1.82) is 0 Å². The molecule has 0 radical (unpaired) electrons. The van der Waals surface area contributed by atoms with Crippen LogP contribution in [0, 0.1) is 6.92 Å². The molecule has 0 unspecified atom stereocenters. The van der Waals surface area contributed by atoms with Crippen LogP contribution in [0.15, 0.2) is 57.7 Å². The molecule has 0 aliphatic heterocycles. The van der Waals surface area contributed by atoms with Gasteiger partial charge in [0.05, 0.1) is 0 Å². The molecule has 1 aromatic heterocycles. The summed E-state index contributed by atoms with van der Waals surface area (Å²) < 4.78 is 10.6. The molecule has 5 heteroatoms. The first kappa shape index (κ1) is 15.3. The number of fused-ring (bicyclic) bond motifs is 1. The van der Waals surface area contributed by atoms with E-state index in [1.165, 1.54) is 6.07 Å². The average molecular weight is 329 g/mol. The first-order valence-electron chi connectivity index (χ1n) is 6.99. The molecule has 23 heavy (non-hydrogen) atoms. The maximum Gasteiger partial charge on any atom is 0.336 e. The van der Waals surface area contributed by atoms with E-state index >= 15 is 0 Å². The van der Waals surface area contributed by atoms with Crippen molar-refractivity contribution in [3.8, 4) is 5.75 Å². The van der Waals surface area contributed by atoms with Crippen molar-refractivity contribution in [2.24, 2.45) is 0 Å². The van der Waals surface area contributed by atoms with E-state index in [2.05, 4.69) is 0 Å². The summed E-state index contributed by atoms with van der Waals surface area (Å²) in [5, 5.41) is 1.33. The van der Waals surface area contributed by atoms with Crippen LogP contribution in [0.25, 0.3) is 11.0 Å². The third-order valence-corrected chi connectivity index (χ3v) is 3.67. The molecular formula is C18H13ClO4. The monoisotopic (exact) mass is 328 g/mol. The van der Waals surface area contributed by atoms with Crippen molar-refractivity contribution >= 4 is 28.4 Å². The highest BCUT2D eigenvalue weighted by molar-refractivity contribution is 6.31. The van der Waals surface area contributed by atoms with Gasteiger partial charge in [-0.25, -0.2) is 4.79 Å². The Morgan fingerprint density at radius 1 is 1.17 bits per heavy atom. The van der Waals surface area contributed by atoms with E-state index < -0.39 is 5.63 Å². The van der Waals surface area contributed by atoms with E-state index in [-0.39, 0.29) is 12.4 Å². The molecule has 3 aromatic rings. The number of carbonyl (C=O) groups is 1. The number of hydrogen-bond donors (Lipinski definition) is 0. The highest BCUT2D eigenvalue weighted by Gasteiger charge is 2.09. The van der Waals surface area contributed by atoms with Gasteiger partial charge >= 0.3 is 5.63 Å². The number of carbonyl (C=O) groups excluding carboxylic acids is 1. The smallest absolute Gasteiger partial charge is 0.336 e. The molecule has 0 saturated carbocycles. The summed E-state index contributed by atoms with van der Waals surface area (Å²) in [5.74, 6) is 0.278. The molecule has 2 aromatic carbocycles. The maximum atomic E-state index is 12.1. The number of aryl methyl sites for hydroxylation is 1. The lowest BCUT2D eigenvalue weighted by Crippen LogP contribution is -2.11. The topological polar surface area (TPSA) is 56.5 Å². The van der Waals surface area contributed by atoms with E-state index in [1.54, 1.807) is 42.5 Å². The van der Waals surface area contributed by atoms with E-state index in [4.69, 9.17) is 20.8 Å². The van der Waals surface area contributed by atoms with Crippen LogP contribution in [0.5, 0.6) is 5.75 Å². The lowest BCUT2D eigenvalue weighted by Gasteiger charge is -2.07. The fourth-order valence-corrected chi connectivity index (χ4v) is 2.48. The van der Waals surface area contributed by atoms with Crippen LogP contribution in [0.3, 0.4) is 0 Å². The van der Waals surface area contributed by atoms with Crippen LogP contribution >= 0.6 is 11.6 Å². The van der Waals surface area contributed by atoms with Crippen LogP contribution in [-0.2, 0) is 0 Å². The molecule has 0 aliphatic carbocycles. The Morgan fingerprint density at radius 3 is 2.78 bits per heavy atom. The zero-order chi connectivity index (χ0) is 16.4. The van der Waals surface area contributed by atoms with Crippen molar-refractivity contribution in [1.82, 2.24) is 0 Å². The molecule has 0 fully saturated rings. The Labute approximate surface area is 137 Å². The van der Waals surface area contributed by atoms with Crippen LogP contribution in [-0.4, -0.2) is 12.4 Å². The quantitative estimate of drug-likeness (QED) is 0.536. The van der Waals surface area contributed by atoms with Crippen molar-refractivity contribution in [2.45, 2.75) is 6.92 Å². The zero-order valence-electron chi connectivity index (χ0n) is 12.3. The van der Waals surface area contributed by atoms with Gasteiger partial charge in [-0.05, 0) is 36.8 Å². The van der Waals surface area contributed by atoms with Crippen molar-refractivity contribution in [3.05, 3.63) is 75.1 Å². The van der Waals surface area contributed by atoms with Crippen molar-refractivity contribution in [3.63, 3.8) is 0 Å². The van der Waals surface area contributed by atoms with Gasteiger partial charge in [0.25, 0.3) is 0 Å². The van der Waals surface area contributed by atoms with Crippen molar-refractivity contribution < 1.29 is 13.9 Å². The molecular weight excluding hydrogens is 316 g/mol. The Balaban J connectivity index is 1.79. The first-order valence-corrected chi connectivity index (χ1v) is 7.37. The summed E-state index contributed by atoms with van der Waals surface area (Å²) in [7, 11) is 0. The van der Waals surface area contributed by atoms with E-state index in [0.29, 0.717) is 21.9 Å². The summed E-state index contributed by atoms with van der Waals surface area (Å²) in [5.41, 5.74) is 1.34. The number of ether oxygens (including phenoxy) is 1. The summed E-state index contributed by atoms with van der Waals surface area (Å²) in [6, 6.07) is 13.3. The van der Waals surface area contributed by atoms with Crippen LogP contribution in [0.2, 0.25) is 5.02 Å². The molecule has 0 amide bonds. The van der Waals surface area contributed by atoms with E-state index in [0.717, 1.165) is 10.9 Å². The van der Waals surface area contributed by atoms with Crippen LogP contribution < -0.4 is 10.4 Å². The molecule has 3 rings (SSSR count). The standard InChI is InChI=1S/C18H13ClO4/c1-11-7-18(21)23-17-9-14(5-6-15(11)17)22-10-16(20)12-3-2-4-13(19)8-12/h2-9H,10H2,1H3. The van der Waals surface area contributed by atoms with Crippen molar-refractivity contribution in [2.75, 3.05) is 6.61 Å². The normalized spacial score (nSPS) is 10.7. The summed E-state index contributed by atoms with van der Waals surface area (Å²) in [6.07, 6.45) is 0. The molecule has 0 N–H and O–H groups in total. The Morgan fingerprint density at radius 2 is 2.00 bits per heavy atom. The largest absolute Gasteiger partial charge is 0.485 e. The zero-order valence-corrected chi connectivity index (χ0v) is 13.1. The minimum atomic E-state index is -0.415. The SMILES string of the molecule is Cc1cc(=O)oc2cc(OCC(=O)c3cccc(Cl)c3)ccc12. The van der Waals surface area contributed by atoms with E-state index in [9.17, 15) is 9.59 Å². The number of benzene rings is 2. The second-order valence-corrected chi connectivity index (χ2v) is 5.57. The lowest BCUT2D eigenvalue weighted by molar-refractivity contribution is 0.0921. The van der Waals surface area contributed by atoms with Gasteiger partial charge < -0.3 is 9.15 Å². The summed E-state index contributed by atoms with van der Waals surface area (Å²) >= 11 is 5.87. The van der Waals surface area contributed by atoms with Gasteiger partial charge in [0.15, 0.2) is 12.4 Å². The Hall–Kier alpha value is -2.59. The first-order chi connectivity index (χ1) is 11.0. The number of hydrogen-bond acceptors (Lipinski definition) is 4. The molecule has 0 saturated heterocycles. The number of halogens is 1. The van der Waals surface area contributed by atoms with Gasteiger partial charge in [-0.3, -0.25) is 4.79 Å². The molecule has 0 atom stereocenters. The minimum absolute atomic E-state index is 0.123. The van der Waals surface area contributed by atoms with Crippen LogP contribution in [0.4, 0.5) is 0 Å². The third kappa shape index (κ3) is 3.43. The summed E-state index contributed by atoms with van der Waals surface area (Å²) in [4.78, 5) is 23.5. The Bertz CT molecular complexity index is 943. The third-order valence-electron chi connectivity index (χ3n) is 3.44. The molecule has 116 valence electrons. The predicted molar refractivity (Wildman–Crippen MR) is 88.5 cm³/mol. The fourth-order valence-electron chi connectivity index (χ4n) is 2.29. The predicted octanol–water partition coefficient (Wildman–Crippen LogP) is 4.02. The summed E-state index contributed by atoms with van der Waals surface area (Å²) in [6.45, 7) is 1.71. The van der Waals surface area contributed by atoms with Gasteiger partial charge in [-0.1, -0.05) is 23.7 Å². The van der Waals surface area contributed by atoms with Gasteiger partial charge in [-0.2, -0.15) is 0 Å². The minimum Gasteiger partial charge on any atom is -0.485 e. The van der Waals surface area contributed by atoms with Crippen LogP contribution in [0.1, 0.15) is 15.9 Å². The highest BCUT2D eigenvalue weighted by atomic mass is 35.5. The van der Waals surface area contributed by atoms with E-state index in [1.807, 2.05) is 6.92 Å². The van der Waals surface area contributed by atoms with Gasteiger partial charge in [-0.15, -0.1) is 0 Å². The second kappa shape index (κ2) is 6.26. The van der Waals surface area contributed by atoms with Gasteiger partial charge in [0.2, 0.25) is 0 Å². The van der Waals surface area contributed by atoms with Gasteiger partial charge in [0.1, 0.15) is 11.3 Å². The number of ketones is 1. The average Bonchev–Trinajstić information content (AvgIpc) is 2.52. The number of rotatable bonds is 4. The maximum absolute atomic E-state index is 12.1. The van der Waals surface area contributed by atoms with Gasteiger partial charge in [0, 0.05) is 28.1 Å². The number of Topliss-reactive ketones (excluding diaryl/α,β-unsaturated/α-hetero) is 1. The fraction of sp³-hybridized carbons (Fsp3) is 0.111. The lowest BCUT2D eigenvalue weighted by atomic mass is 10.1. The Kier molecular flexibility index (Phi) is 4.17. The highest BCUT2D eigenvalue weighted by Crippen LogP contribution is 2.22. The molecule has 0 aliphatic rings. The molecule has 1 heterocycles. The molecule has 4 nitrogen and oxygen atoms in total. The molecule has 0 spiro atoms.